The van der Waals surface area contributed by atoms with Gasteiger partial charge in [-0.1, -0.05) is 31.5 Å². The molecule has 2 aromatic carbocycles. The molecule has 0 fully saturated rings. The number of benzene rings is 2. The lowest BCUT2D eigenvalue weighted by molar-refractivity contribution is -0.141. The van der Waals surface area contributed by atoms with E-state index in [1.165, 1.54) is 24.3 Å². The Balaban J connectivity index is 1.95. The van der Waals surface area contributed by atoms with Crippen molar-refractivity contribution in [3.05, 3.63) is 66.4 Å². The summed E-state index contributed by atoms with van der Waals surface area (Å²) in [6.45, 7) is 2.56. The number of sulfonamides is 1. The van der Waals surface area contributed by atoms with Crippen molar-refractivity contribution in [3.63, 3.8) is 0 Å². The molecule has 1 N–H and O–H groups in total. The highest BCUT2D eigenvalue weighted by atomic mass is 32.2. The van der Waals surface area contributed by atoms with Crippen molar-refractivity contribution in [2.45, 2.75) is 30.8 Å². The normalized spacial score (nSPS) is 12.0. The largest absolute Gasteiger partial charge is 0.494 e. The number of unbranched alkanes of at least 4 members (excludes halogenated alkanes) is 1. The van der Waals surface area contributed by atoms with Crippen LogP contribution in [-0.4, -0.2) is 24.9 Å². The zero-order valence-electron chi connectivity index (χ0n) is 16.1. The van der Waals surface area contributed by atoms with Gasteiger partial charge in [0.1, 0.15) is 5.75 Å². The van der Waals surface area contributed by atoms with Gasteiger partial charge in [0.25, 0.3) is 10.0 Å². The lowest BCUT2D eigenvalue weighted by Gasteiger charge is -2.12. The van der Waals surface area contributed by atoms with Gasteiger partial charge < -0.3 is 4.74 Å². The van der Waals surface area contributed by atoms with E-state index in [4.69, 9.17) is 4.74 Å². The number of hydrogen-bond acceptors (Lipinski definition) is 4. The standard InChI is InChI=1S/C20H20F3N3O3S/c1-2-3-13-29-16-11-9-15(10-12-16)18-14-19(20(21,22)23)24-26(18)25-30(27,28)17-7-5-4-6-8-17/h4-12,14,25H,2-3,13H2,1H3. The number of hydrogen-bond donors (Lipinski definition) is 1. The molecule has 160 valence electrons. The van der Waals surface area contributed by atoms with E-state index in [1.54, 1.807) is 30.3 Å². The van der Waals surface area contributed by atoms with Gasteiger partial charge in [0.15, 0.2) is 5.69 Å². The van der Waals surface area contributed by atoms with Gasteiger partial charge in [-0.15, -0.1) is 5.10 Å². The topological polar surface area (TPSA) is 73.2 Å². The number of aromatic nitrogens is 2. The molecule has 3 rings (SSSR count). The quantitative estimate of drug-likeness (QED) is 0.517. The lowest BCUT2D eigenvalue weighted by Crippen LogP contribution is -2.25. The van der Waals surface area contributed by atoms with Crippen molar-refractivity contribution in [3.8, 4) is 17.0 Å². The third-order valence-electron chi connectivity index (χ3n) is 4.18. The van der Waals surface area contributed by atoms with Crippen LogP contribution in [0.3, 0.4) is 0 Å². The Morgan fingerprint density at radius 1 is 1.07 bits per heavy atom. The number of rotatable bonds is 8. The lowest BCUT2D eigenvalue weighted by atomic mass is 10.1. The van der Waals surface area contributed by atoms with Gasteiger partial charge in [0, 0.05) is 5.56 Å². The smallest absolute Gasteiger partial charge is 0.435 e. The van der Waals surface area contributed by atoms with E-state index in [1.807, 2.05) is 6.92 Å². The van der Waals surface area contributed by atoms with E-state index in [-0.39, 0.29) is 10.6 Å². The second kappa shape index (κ2) is 8.78. The Kier molecular flexibility index (Phi) is 6.35. The van der Waals surface area contributed by atoms with Crippen LogP contribution in [0.25, 0.3) is 11.3 Å². The molecule has 0 unspecified atom stereocenters. The molecule has 0 saturated carbocycles. The molecule has 0 spiro atoms. The second-order valence-electron chi connectivity index (χ2n) is 6.46. The van der Waals surface area contributed by atoms with Gasteiger partial charge in [-0.05, 0) is 48.9 Å². The molecule has 0 aliphatic heterocycles. The molecule has 30 heavy (non-hydrogen) atoms. The monoisotopic (exact) mass is 439 g/mol. The van der Waals surface area contributed by atoms with Crippen LogP contribution in [0.1, 0.15) is 25.5 Å². The van der Waals surface area contributed by atoms with Crippen LogP contribution in [0, 0.1) is 0 Å². The van der Waals surface area contributed by atoms with E-state index in [2.05, 4.69) is 9.93 Å². The summed E-state index contributed by atoms with van der Waals surface area (Å²) in [5.41, 5.74) is -0.921. The average molecular weight is 439 g/mol. The number of nitrogens with zero attached hydrogens (tertiary/aromatic N) is 2. The van der Waals surface area contributed by atoms with Crippen LogP contribution >= 0.6 is 0 Å². The maximum Gasteiger partial charge on any atom is 0.435 e. The molecule has 0 aliphatic carbocycles. The fourth-order valence-electron chi connectivity index (χ4n) is 2.62. The molecule has 0 radical (unpaired) electrons. The van der Waals surface area contributed by atoms with Crippen LogP contribution in [-0.2, 0) is 16.2 Å². The minimum Gasteiger partial charge on any atom is -0.494 e. The average Bonchev–Trinajstić information content (AvgIpc) is 3.13. The summed E-state index contributed by atoms with van der Waals surface area (Å²) < 4.78 is 70.3. The summed E-state index contributed by atoms with van der Waals surface area (Å²) in [5, 5.41) is 3.42. The molecule has 0 atom stereocenters. The van der Waals surface area contributed by atoms with Crippen molar-refractivity contribution >= 4 is 10.0 Å². The third kappa shape index (κ3) is 5.12. The molecule has 0 aliphatic rings. The van der Waals surface area contributed by atoms with Crippen LogP contribution in [0.15, 0.2) is 65.6 Å². The summed E-state index contributed by atoms with van der Waals surface area (Å²) in [6, 6.07) is 14.4. The Labute approximate surface area is 172 Å². The van der Waals surface area contributed by atoms with Crippen LogP contribution in [0.4, 0.5) is 13.2 Å². The van der Waals surface area contributed by atoms with Crippen molar-refractivity contribution in [1.29, 1.82) is 0 Å². The predicted octanol–water partition coefficient (Wildman–Crippen LogP) is 4.68. The number of alkyl halides is 3. The first-order valence-corrected chi connectivity index (χ1v) is 10.7. The maximum atomic E-state index is 13.2. The molecule has 6 nitrogen and oxygen atoms in total. The molecule has 10 heteroatoms. The van der Waals surface area contributed by atoms with Gasteiger partial charge >= 0.3 is 6.18 Å². The Bertz CT molecular complexity index is 1080. The highest BCUT2D eigenvalue weighted by molar-refractivity contribution is 7.92. The maximum absolute atomic E-state index is 13.2. The first-order chi connectivity index (χ1) is 14.2. The first-order valence-electron chi connectivity index (χ1n) is 9.19. The van der Waals surface area contributed by atoms with Crippen LogP contribution < -0.4 is 9.57 Å². The number of nitrogens with one attached hydrogen (secondary N) is 1. The van der Waals surface area contributed by atoms with E-state index in [0.717, 1.165) is 18.9 Å². The molecular weight excluding hydrogens is 419 g/mol. The molecule has 0 bridgehead atoms. The zero-order valence-corrected chi connectivity index (χ0v) is 16.9. The molecular formula is C20H20F3N3O3S. The van der Waals surface area contributed by atoms with Crippen molar-refractivity contribution in [1.82, 2.24) is 9.89 Å². The summed E-state index contributed by atoms with van der Waals surface area (Å²) in [6.07, 6.45) is -2.88. The first kappa shape index (κ1) is 21.7. The van der Waals surface area contributed by atoms with Crippen LogP contribution in [0.2, 0.25) is 0 Å². The fraction of sp³-hybridized carbons (Fsp3) is 0.250. The summed E-state index contributed by atoms with van der Waals surface area (Å²) in [4.78, 5) is 2.62. The van der Waals surface area contributed by atoms with Crippen molar-refractivity contribution in [2.75, 3.05) is 11.4 Å². The van der Waals surface area contributed by atoms with Gasteiger partial charge in [-0.2, -0.15) is 31.2 Å². The van der Waals surface area contributed by atoms with Gasteiger partial charge in [0.2, 0.25) is 0 Å². The number of halogens is 3. The SMILES string of the molecule is CCCCOc1ccc(-c2cc(C(F)(F)F)nn2NS(=O)(=O)c2ccccc2)cc1. The number of ether oxygens (including phenoxy) is 1. The molecule has 1 aromatic heterocycles. The Morgan fingerprint density at radius 3 is 2.33 bits per heavy atom. The van der Waals surface area contributed by atoms with Crippen molar-refractivity contribution in [2.24, 2.45) is 0 Å². The van der Waals surface area contributed by atoms with Gasteiger partial charge in [-0.25, -0.2) is 0 Å². The Morgan fingerprint density at radius 2 is 1.73 bits per heavy atom. The van der Waals surface area contributed by atoms with E-state index >= 15 is 0 Å². The fourth-order valence-corrected chi connectivity index (χ4v) is 3.61. The highest BCUT2D eigenvalue weighted by Crippen LogP contribution is 2.32. The summed E-state index contributed by atoms with van der Waals surface area (Å²) in [7, 11) is -4.14. The molecule has 0 amide bonds. The third-order valence-corrected chi connectivity index (χ3v) is 5.48. The van der Waals surface area contributed by atoms with Gasteiger partial charge in [-0.3, -0.25) is 0 Å². The minimum atomic E-state index is -4.73. The minimum absolute atomic E-state index is 0.0538. The Hall–Kier alpha value is -3.01. The van der Waals surface area contributed by atoms with Gasteiger partial charge in [0.05, 0.1) is 17.2 Å². The predicted molar refractivity (Wildman–Crippen MR) is 106 cm³/mol. The molecule has 1 heterocycles. The second-order valence-corrected chi connectivity index (χ2v) is 8.12. The zero-order chi connectivity index (χ0) is 21.8. The van der Waals surface area contributed by atoms with E-state index in [0.29, 0.717) is 22.7 Å². The van der Waals surface area contributed by atoms with E-state index in [9.17, 15) is 21.6 Å². The van der Waals surface area contributed by atoms with E-state index < -0.39 is 21.9 Å². The highest BCUT2D eigenvalue weighted by Gasteiger charge is 2.35. The van der Waals surface area contributed by atoms with Crippen LogP contribution in [0.5, 0.6) is 5.75 Å². The summed E-state index contributed by atoms with van der Waals surface area (Å²) >= 11 is 0. The summed E-state index contributed by atoms with van der Waals surface area (Å²) in [5.74, 6) is 0.569. The molecule has 3 aromatic rings. The van der Waals surface area contributed by atoms with Crippen molar-refractivity contribution < 1.29 is 26.3 Å². The molecule has 0 saturated heterocycles.